The van der Waals surface area contributed by atoms with Crippen LogP contribution in [0.3, 0.4) is 0 Å². The number of anilines is 3. The summed E-state index contributed by atoms with van der Waals surface area (Å²) < 4.78 is 0. The molecular formula is C62H41N. The maximum atomic E-state index is 2.58. The van der Waals surface area contributed by atoms with Gasteiger partial charge in [-0.3, -0.25) is 0 Å². The first-order chi connectivity index (χ1) is 31.3. The molecule has 0 unspecified atom stereocenters. The van der Waals surface area contributed by atoms with Crippen molar-refractivity contribution in [1.82, 2.24) is 0 Å². The Morgan fingerprint density at radius 1 is 0.349 bits per heavy atom. The van der Waals surface area contributed by atoms with Gasteiger partial charge in [0, 0.05) is 16.9 Å². The molecule has 0 aromatic heterocycles. The summed E-state index contributed by atoms with van der Waals surface area (Å²) in [4.78, 5) is 2.58. The Labute approximate surface area is 368 Å². The van der Waals surface area contributed by atoms with Crippen LogP contribution >= 0.6 is 0 Å². The number of nitrogens with zero attached hydrogens (tertiary/aromatic N) is 1. The van der Waals surface area contributed by atoms with E-state index in [1.165, 1.54) is 106 Å². The van der Waals surface area contributed by atoms with Crippen LogP contribution in [0.5, 0.6) is 0 Å². The van der Waals surface area contributed by atoms with Crippen molar-refractivity contribution in [1.29, 1.82) is 0 Å². The third kappa shape index (κ3) is 4.41. The minimum Gasteiger partial charge on any atom is -0.310 e. The number of rotatable bonds is 4. The van der Waals surface area contributed by atoms with Crippen LogP contribution in [-0.4, -0.2) is 0 Å². The van der Waals surface area contributed by atoms with Crippen molar-refractivity contribution in [2.75, 3.05) is 4.90 Å². The Bertz CT molecular complexity index is 3360. The van der Waals surface area contributed by atoms with Crippen molar-refractivity contribution in [3.05, 3.63) is 275 Å². The number of allylic oxidation sites excluding steroid dienone is 4. The summed E-state index contributed by atoms with van der Waals surface area (Å²) in [7, 11) is 0. The molecule has 1 nitrogen and oxygen atoms in total. The second-order valence-electron chi connectivity index (χ2n) is 17.7. The minimum atomic E-state index is -0.450. The van der Waals surface area contributed by atoms with Crippen LogP contribution in [0.25, 0.3) is 50.1 Å². The van der Waals surface area contributed by atoms with Gasteiger partial charge < -0.3 is 4.90 Å². The van der Waals surface area contributed by atoms with Gasteiger partial charge >= 0.3 is 0 Å². The van der Waals surface area contributed by atoms with Gasteiger partial charge in [0.25, 0.3) is 0 Å². The summed E-state index contributed by atoms with van der Waals surface area (Å²) >= 11 is 0. The Balaban J connectivity index is 1.07. The second kappa shape index (κ2) is 12.9. The van der Waals surface area contributed by atoms with Crippen LogP contribution in [0.1, 0.15) is 57.3 Å². The minimum absolute atomic E-state index is 0.364. The molecule has 0 saturated heterocycles. The lowest BCUT2D eigenvalue weighted by molar-refractivity contribution is 0.714. The zero-order valence-electron chi connectivity index (χ0n) is 34.7. The first-order valence-corrected chi connectivity index (χ1v) is 22.4. The fourth-order valence-electron chi connectivity index (χ4n) is 12.7. The average Bonchev–Trinajstić information content (AvgIpc) is 4.04. The van der Waals surface area contributed by atoms with Crippen molar-refractivity contribution in [2.24, 2.45) is 0 Å². The van der Waals surface area contributed by atoms with Crippen molar-refractivity contribution >= 4 is 22.6 Å². The normalized spacial score (nSPS) is 15.6. The fourth-order valence-corrected chi connectivity index (χ4v) is 12.7. The average molecular weight is 800 g/mol. The van der Waals surface area contributed by atoms with Gasteiger partial charge in [0.1, 0.15) is 0 Å². The first kappa shape index (κ1) is 34.9. The first-order valence-electron chi connectivity index (χ1n) is 22.4. The standard InChI is InChI=1S/C62H41N/c1-2-18-40(19-3-1)41-20-16-21-42(38-41)63(43-36-37-49-48-26-8-14-32-55(48)62(58(49)39-43)53-30-12-6-24-46(53)47-25-7-13-31-54(47)62)59-35-17-34-57-60(59)50-27-9-15-33-56(50)61(57)51-28-10-4-22-44(51)45-23-5-11-29-52(45)61/h1-14,16-32,34-39H,15,33H2. The third-order valence-electron chi connectivity index (χ3n) is 15.0. The molecule has 0 fully saturated rings. The molecular weight excluding hydrogens is 759 g/mol. The van der Waals surface area contributed by atoms with Gasteiger partial charge in [-0.15, -0.1) is 0 Å². The molecule has 5 aliphatic carbocycles. The van der Waals surface area contributed by atoms with Crippen LogP contribution in [0, 0.1) is 0 Å². The van der Waals surface area contributed by atoms with E-state index in [4.69, 9.17) is 0 Å². The second-order valence-corrected chi connectivity index (χ2v) is 17.7. The number of hydrogen-bond donors (Lipinski definition) is 0. The summed E-state index contributed by atoms with van der Waals surface area (Å²) in [5.41, 5.74) is 26.8. The van der Waals surface area contributed by atoms with E-state index in [9.17, 15) is 0 Å². The SMILES string of the molecule is C1=CC2=C(CC1)C1(c3ccccc3-c3ccccc31)c1cccc(N(c3cccc(-c4ccccc4)c3)c3ccc4c(c3)C3(c5ccccc5-c5ccccc53)c3ccccc3-4)c12. The van der Waals surface area contributed by atoms with Gasteiger partial charge in [-0.25, -0.2) is 0 Å². The van der Waals surface area contributed by atoms with Crippen LogP contribution in [0.4, 0.5) is 17.1 Å². The Hall–Kier alpha value is -7.74. The van der Waals surface area contributed by atoms with Crippen molar-refractivity contribution in [3.63, 3.8) is 0 Å². The Morgan fingerprint density at radius 2 is 0.825 bits per heavy atom. The lowest BCUT2D eigenvalue weighted by Crippen LogP contribution is -2.28. The highest BCUT2D eigenvalue weighted by Gasteiger charge is 2.54. The van der Waals surface area contributed by atoms with E-state index in [2.05, 4.69) is 229 Å². The largest absolute Gasteiger partial charge is 0.310 e. The van der Waals surface area contributed by atoms with Crippen LogP contribution in [-0.2, 0) is 10.8 Å². The van der Waals surface area contributed by atoms with E-state index < -0.39 is 5.41 Å². The molecule has 1 heteroatoms. The highest BCUT2D eigenvalue weighted by atomic mass is 15.1. The number of hydrogen-bond acceptors (Lipinski definition) is 1. The summed E-state index contributed by atoms with van der Waals surface area (Å²) in [6.07, 6.45) is 6.90. The monoisotopic (exact) mass is 799 g/mol. The van der Waals surface area contributed by atoms with E-state index in [1.54, 1.807) is 0 Å². The Morgan fingerprint density at radius 3 is 1.43 bits per heavy atom. The maximum Gasteiger partial charge on any atom is 0.0726 e. The predicted octanol–water partition coefficient (Wildman–Crippen LogP) is 15.6. The van der Waals surface area contributed by atoms with Gasteiger partial charge in [0.15, 0.2) is 0 Å². The summed E-state index contributed by atoms with van der Waals surface area (Å²) in [5, 5.41) is 0. The molecule has 0 aliphatic heterocycles. The lowest BCUT2D eigenvalue weighted by atomic mass is 9.68. The topological polar surface area (TPSA) is 3.24 Å². The van der Waals surface area contributed by atoms with Crippen LogP contribution in [0.2, 0.25) is 0 Å². The fraction of sp³-hybridized carbons (Fsp3) is 0.0645. The third-order valence-corrected chi connectivity index (χ3v) is 15.0. The molecule has 0 N–H and O–H groups in total. The van der Waals surface area contributed by atoms with E-state index in [0.717, 1.165) is 24.2 Å². The smallest absolute Gasteiger partial charge is 0.0726 e. The zero-order chi connectivity index (χ0) is 41.3. The molecule has 0 amide bonds. The molecule has 294 valence electrons. The van der Waals surface area contributed by atoms with Gasteiger partial charge in [-0.1, -0.05) is 194 Å². The Kier molecular flexibility index (Phi) is 7.15. The molecule has 0 radical (unpaired) electrons. The molecule has 63 heavy (non-hydrogen) atoms. The molecule has 9 aromatic rings. The van der Waals surface area contributed by atoms with E-state index >= 15 is 0 Å². The van der Waals surface area contributed by atoms with E-state index in [1.807, 2.05) is 0 Å². The van der Waals surface area contributed by atoms with Gasteiger partial charge in [-0.05, 0) is 138 Å². The highest BCUT2D eigenvalue weighted by Crippen LogP contribution is 2.66. The predicted molar refractivity (Wildman–Crippen MR) is 260 cm³/mol. The van der Waals surface area contributed by atoms with Crippen LogP contribution < -0.4 is 4.90 Å². The highest BCUT2D eigenvalue weighted by molar-refractivity contribution is 6.03. The molecule has 5 aliphatic rings. The maximum absolute atomic E-state index is 2.58. The van der Waals surface area contributed by atoms with Gasteiger partial charge in [0.2, 0.25) is 0 Å². The molecule has 0 atom stereocenters. The molecule has 2 spiro atoms. The summed E-state index contributed by atoms with van der Waals surface area (Å²) in [6, 6.07) is 80.2. The number of fused-ring (bicyclic) bond motifs is 19. The summed E-state index contributed by atoms with van der Waals surface area (Å²) in [6.45, 7) is 0. The van der Waals surface area contributed by atoms with Gasteiger partial charge in [-0.2, -0.15) is 0 Å². The van der Waals surface area contributed by atoms with Crippen LogP contribution in [0.15, 0.2) is 230 Å². The molecule has 9 aromatic carbocycles. The molecule has 0 bridgehead atoms. The van der Waals surface area contributed by atoms with Crippen molar-refractivity contribution < 1.29 is 0 Å². The molecule has 0 saturated carbocycles. The number of benzene rings is 9. The van der Waals surface area contributed by atoms with Crippen molar-refractivity contribution in [3.8, 4) is 44.5 Å². The zero-order valence-corrected chi connectivity index (χ0v) is 34.7. The van der Waals surface area contributed by atoms with E-state index in [-0.39, 0.29) is 5.41 Å². The van der Waals surface area contributed by atoms with E-state index in [0.29, 0.717) is 0 Å². The quantitative estimate of drug-likeness (QED) is 0.171. The van der Waals surface area contributed by atoms with Gasteiger partial charge in [0.05, 0.1) is 16.5 Å². The van der Waals surface area contributed by atoms with Crippen molar-refractivity contribution in [2.45, 2.75) is 23.7 Å². The molecule has 14 rings (SSSR count). The lowest BCUT2D eigenvalue weighted by Gasteiger charge is -2.34. The molecule has 0 heterocycles. The summed E-state index contributed by atoms with van der Waals surface area (Å²) in [5.74, 6) is 0.